The van der Waals surface area contributed by atoms with Crippen molar-refractivity contribution >= 4 is 17.1 Å². The van der Waals surface area contributed by atoms with Crippen molar-refractivity contribution in [2.45, 2.75) is 13.3 Å². The van der Waals surface area contributed by atoms with Crippen molar-refractivity contribution in [3.63, 3.8) is 0 Å². The van der Waals surface area contributed by atoms with Crippen LogP contribution in [0, 0.1) is 5.82 Å². The normalized spacial score (nSPS) is 11.6. The number of hydrogen-bond acceptors (Lipinski definition) is 2. The Balaban J connectivity index is 2.01. The number of carbonyl (C=O) groups excluding carboxylic acids is 2. The first-order valence-electron chi connectivity index (χ1n) is 8.70. The highest BCUT2D eigenvalue weighted by Gasteiger charge is 2.18. The first-order chi connectivity index (χ1) is 13.1. The van der Waals surface area contributed by atoms with Crippen molar-refractivity contribution in [3.05, 3.63) is 113 Å². The molecule has 27 heavy (non-hydrogen) atoms. The van der Waals surface area contributed by atoms with Crippen LogP contribution >= 0.6 is 0 Å². The summed E-state index contributed by atoms with van der Waals surface area (Å²) in [5.41, 5.74) is 2.99. The molecule has 0 aromatic heterocycles. The fraction of sp³-hybridized carbons (Fsp3) is 0.0833. The Kier molecular flexibility index (Phi) is 5.72. The SMILES string of the molecule is C/C(C(=O)c1ccc(F)cc1)=C(\CC(=O)c1ccccc1)c1ccccc1. The molecule has 0 aliphatic carbocycles. The van der Waals surface area contributed by atoms with Gasteiger partial charge >= 0.3 is 0 Å². The summed E-state index contributed by atoms with van der Waals surface area (Å²) in [5, 5.41) is 0. The van der Waals surface area contributed by atoms with Crippen molar-refractivity contribution in [2.75, 3.05) is 0 Å². The van der Waals surface area contributed by atoms with Gasteiger partial charge in [-0.2, -0.15) is 0 Å². The summed E-state index contributed by atoms with van der Waals surface area (Å²) >= 11 is 0. The summed E-state index contributed by atoms with van der Waals surface area (Å²) in [6.45, 7) is 1.71. The summed E-state index contributed by atoms with van der Waals surface area (Å²) in [5.74, 6) is -0.661. The molecule has 0 bridgehead atoms. The van der Waals surface area contributed by atoms with Gasteiger partial charge < -0.3 is 0 Å². The molecule has 0 aliphatic heterocycles. The van der Waals surface area contributed by atoms with Gasteiger partial charge in [0, 0.05) is 23.1 Å². The number of hydrogen-bond donors (Lipinski definition) is 0. The minimum atomic E-state index is -0.393. The van der Waals surface area contributed by atoms with Crippen molar-refractivity contribution in [1.29, 1.82) is 0 Å². The molecule has 0 atom stereocenters. The topological polar surface area (TPSA) is 34.1 Å². The van der Waals surface area contributed by atoms with Crippen molar-refractivity contribution in [1.82, 2.24) is 0 Å². The van der Waals surface area contributed by atoms with E-state index in [-0.39, 0.29) is 18.0 Å². The Bertz CT molecular complexity index is 972. The monoisotopic (exact) mass is 358 g/mol. The molecule has 3 aromatic carbocycles. The molecule has 3 rings (SSSR count). The lowest BCUT2D eigenvalue weighted by Gasteiger charge is -2.12. The fourth-order valence-corrected chi connectivity index (χ4v) is 2.93. The summed E-state index contributed by atoms with van der Waals surface area (Å²) in [7, 11) is 0. The van der Waals surface area contributed by atoms with Gasteiger partial charge in [-0.05, 0) is 42.3 Å². The van der Waals surface area contributed by atoms with Gasteiger partial charge in [0.2, 0.25) is 0 Å². The smallest absolute Gasteiger partial charge is 0.189 e. The van der Waals surface area contributed by atoms with Crippen LogP contribution in [-0.4, -0.2) is 11.6 Å². The highest BCUT2D eigenvalue weighted by Crippen LogP contribution is 2.26. The van der Waals surface area contributed by atoms with E-state index in [2.05, 4.69) is 0 Å². The van der Waals surface area contributed by atoms with Crippen LogP contribution in [0.2, 0.25) is 0 Å². The zero-order valence-corrected chi connectivity index (χ0v) is 15.0. The van der Waals surface area contributed by atoms with E-state index in [9.17, 15) is 14.0 Å². The molecular weight excluding hydrogens is 339 g/mol. The molecule has 0 N–H and O–H groups in total. The zero-order valence-electron chi connectivity index (χ0n) is 15.0. The number of allylic oxidation sites excluding steroid dienone is 2. The number of Topliss-reactive ketones (excluding diaryl/α,β-unsaturated/α-hetero) is 2. The van der Waals surface area contributed by atoms with E-state index >= 15 is 0 Å². The van der Waals surface area contributed by atoms with Gasteiger partial charge in [0.05, 0.1) is 0 Å². The maximum atomic E-state index is 13.2. The Morgan fingerprint density at radius 3 is 1.78 bits per heavy atom. The number of rotatable bonds is 6. The van der Waals surface area contributed by atoms with Crippen LogP contribution in [0.1, 0.15) is 39.6 Å². The summed E-state index contributed by atoms with van der Waals surface area (Å²) < 4.78 is 13.2. The van der Waals surface area contributed by atoms with Crippen LogP contribution in [0.25, 0.3) is 5.57 Å². The Hall–Kier alpha value is -3.33. The molecule has 3 heteroatoms. The first kappa shape index (κ1) is 18.5. The Morgan fingerprint density at radius 2 is 1.22 bits per heavy atom. The molecule has 0 aliphatic rings. The summed E-state index contributed by atoms with van der Waals surface area (Å²) in [6.07, 6.45) is 0.118. The summed E-state index contributed by atoms with van der Waals surface area (Å²) in [6, 6.07) is 23.9. The third-order valence-electron chi connectivity index (χ3n) is 4.46. The first-order valence-corrected chi connectivity index (χ1v) is 8.70. The van der Waals surface area contributed by atoms with Crippen LogP contribution in [0.5, 0.6) is 0 Å². The van der Waals surface area contributed by atoms with Crippen LogP contribution in [-0.2, 0) is 0 Å². The summed E-state index contributed by atoms with van der Waals surface area (Å²) in [4.78, 5) is 25.6. The van der Waals surface area contributed by atoms with E-state index < -0.39 is 5.82 Å². The molecule has 0 fully saturated rings. The van der Waals surface area contributed by atoms with Gasteiger partial charge in [-0.25, -0.2) is 4.39 Å². The molecule has 0 saturated carbocycles. The van der Waals surface area contributed by atoms with Crippen molar-refractivity contribution < 1.29 is 14.0 Å². The van der Waals surface area contributed by atoms with Gasteiger partial charge in [0.15, 0.2) is 11.6 Å². The molecule has 0 saturated heterocycles. The Morgan fingerprint density at radius 1 is 0.704 bits per heavy atom. The number of benzene rings is 3. The molecule has 134 valence electrons. The highest BCUT2D eigenvalue weighted by atomic mass is 19.1. The Labute approximate surface area is 158 Å². The van der Waals surface area contributed by atoms with Crippen LogP contribution in [0.4, 0.5) is 4.39 Å². The van der Waals surface area contributed by atoms with E-state index in [1.807, 2.05) is 48.5 Å². The van der Waals surface area contributed by atoms with E-state index in [0.29, 0.717) is 22.3 Å². The van der Waals surface area contributed by atoms with Gasteiger partial charge in [-0.3, -0.25) is 9.59 Å². The minimum Gasteiger partial charge on any atom is -0.294 e. The quantitative estimate of drug-likeness (QED) is 0.415. The van der Waals surface area contributed by atoms with Gasteiger partial charge in [0.1, 0.15) is 5.82 Å². The van der Waals surface area contributed by atoms with Gasteiger partial charge in [-0.15, -0.1) is 0 Å². The fourth-order valence-electron chi connectivity index (χ4n) is 2.93. The highest BCUT2D eigenvalue weighted by molar-refractivity contribution is 6.15. The lowest BCUT2D eigenvalue weighted by atomic mass is 9.90. The van der Waals surface area contributed by atoms with Crippen molar-refractivity contribution in [2.24, 2.45) is 0 Å². The zero-order chi connectivity index (χ0) is 19.2. The van der Waals surface area contributed by atoms with Crippen LogP contribution in [0.15, 0.2) is 90.5 Å². The van der Waals surface area contributed by atoms with Crippen molar-refractivity contribution in [3.8, 4) is 0 Å². The second kappa shape index (κ2) is 8.37. The molecular formula is C24H19FO2. The maximum Gasteiger partial charge on any atom is 0.189 e. The van der Waals surface area contributed by atoms with E-state index in [1.165, 1.54) is 24.3 Å². The largest absolute Gasteiger partial charge is 0.294 e. The standard InChI is InChI=1S/C24H19FO2/c1-17(24(27)20-12-14-21(25)15-13-20)22(18-8-4-2-5-9-18)16-23(26)19-10-6-3-7-11-19/h2-15H,16H2,1H3/b22-17-. The molecule has 0 spiro atoms. The lowest BCUT2D eigenvalue weighted by molar-refractivity contribution is 0.0998. The van der Waals surface area contributed by atoms with Gasteiger partial charge in [0.25, 0.3) is 0 Å². The lowest BCUT2D eigenvalue weighted by Crippen LogP contribution is -2.08. The third kappa shape index (κ3) is 4.45. The second-order valence-corrected chi connectivity index (χ2v) is 6.27. The van der Waals surface area contributed by atoms with Gasteiger partial charge in [-0.1, -0.05) is 60.7 Å². The van der Waals surface area contributed by atoms with E-state index in [0.717, 1.165) is 5.56 Å². The molecule has 0 unspecified atom stereocenters. The average molecular weight is 358 g/mol. The van der Waals surface area contributed by atoms with E-state index in [4.69, 9.17) is 0 Å². The predicted octanol–water partition coefficient (Wildman–Crippen LogP) is 5.76. The third-order valence-corrected chi connectivity index (χ3v) is 4.46. The minimum absolute atomic E-state index is 0.0549. The number of ketones is 2. The second-order valence-electron chi connectivity index (χ2n) is 6.27. The molecule has 2 nitrogen and oxygen atoms in total. The average Bonchev–Trinajstić information content (AvgIpc) is 2.72. The van der Waals surface area contributed by atoms with Crippen LogP contribution in [0.3, 0.4) is 0 Å². The maximum absolute atomic E-state index is 13.2. The van der Waals surface area contributed by atoms with Crippen LogP contribution < -0.4 is 0 Å². The predicted molar refractivity (Wildman–Crippen MR) is 105 cm³/mol. The number of halogens is 1. The number of carbonyl (C=O) groups is 2. The van der Waals surface area contributed by atoms with E-state index in [1.54, 1.807) is 19.1 Å². The molecule has 0 amide bonds. The molecule has 3 aromatic rings. The molecule has 0 heterocycles. The molecule has 0 radical (unpaired) electrons.